The lowest BCUT2D eigenvalue weighted by Crippen LogP contribution is -2.25. The predicted octanol–water partition coefficient (Wildman–Crippen LogP) is 3.87. The van der Waals surface area contributed by atoms with Crippen molar-refractivity contribution in [3.05, 3.63) is 35.9 Å². The molecule has 0 aliphatic carbocycles. The second-order valence-corrected chi connectivity index (χ2v) is 6.04. The highest BCUT2D eigenvalue weighted by Gasteiger charge is 2.19. The zero-order chi connectivity index (χ0) is 11.9. The van der Waals surface area contributed by atoms with Crippen LogP contribution in [0.15, 0.2) is 30.3 Å². The van der Waals surface area contributed by atoms with Crippen molar-refractivity contribution in [3.8, 4) is 0 Å². The molecule has 1 aromatic rings. The third kappa shape index (κ3) is 4.04. The predicted molar refractivity (Wildman–Crippen MR) is 77.5 cm³/mol. The monoisotopic (exact) mass is 249 g/mol. The van der Waals surface area contributed by atoms with Crippen LogP contribution in [0.2, 0.25) is 0 Å². The van der Waals surface area contributed by atoms with E-state index in [1.807, 2.05) is 0 Å². The molecule has 1 aliphatic heterocycles. The maximum absolute atomic E-state index is 3.64. The molecular formula is C15H23NS. The first kappa shape index (κ1) is 13.0. The Kier molecular flexibility index (Phi) is 5.40. The SMILES string of the molecule is CCNC(CC1CCSCC1)c1ccccc1. The molecule has 1 nitrogen and oxygen atoms in total. The molecule has 0 radical (unpaired) electrons. The molecule has 2 rings (SSSR count). The molecule has 1 aliphatic rings. The molecule has 0 spiro atoms. The summed E-state index contributed by atoms with van der Waals surface area (Å²) in [6, 6.07) is 11.5. The van der Waals surface area contributed by atoms with Gasteiger partial charge in [-0.25, -0.2) is 0 Å². The largest absolute Gasteiger partial charge is 0.310 e. The first-order chi connectivity index (χ1) is 8.40. The molecule has 1 heterocycles. The molecular weight excluding hydrogens is 226 g/mol. The van der Waals surface area contributed by atoms with Crippen LogP contribution in [0.4, 0.5) is 0 Å². The van der Waals surface area contributed by atoms with Crippen LogP contribution in [0.25, 0.3) is 0 Å². The molecule has 1 saturated heterocycles. The fourth-order valence-corrected chi connectivity index (χ4v) is 3.79. The molecule has 2 heteroatoms. The Morgan fingerprint density at radius 1 is 1.24 bits per heavy atom. The van der Waals surface area contributed by atoms with E-state index >= 15 is 0 Å². The fourth-order valence-electron chi connectivity index (χ4n) is 2.58. The fraction of sp³-hybridized carbons (Fsp3) is 0.600. The van der Waals surface area contributed by atoms with Crippen LogP contribution in [-0.2, 0) is 0 Å². The highest BCUT2D eigenvalue weighted by atomic mass is 32.2. The van der Waals surface area contributed by atoms with Gasteiger partial charge in [0.15, 0.2) is 0 Å². The smallest absolute Gasteiger partial charge is 0.0322 e. The van der Waals surface area contributed by atoms with Crippen molar-refractivity contribution in [1.82, 2.24) is 5.32 Å². The average molecular weight is 249 g/mol. The highest BCUT2D eigenvalue weighted by Crippen LogP contribution is 2.30. The molecule has 1 aromatic carbocycles. The number of rotatable bonds is 5. The number of benzene rings is 1. The molecule has 1 fully saturated rings. The van der Waals surface area contributed by atoms with E-state index < -0.39 is 0 Å². The first-order valence-electron chi connectivity index (χ1n) is 6.76. The minimum Gasteiger partial charge on any atom is -0.310 e. The van der Waals surface area contributed by atoms with E-state index in [-0.39, 0.29) is 0 Å². The quantitative estimate of drug-likeness (QED) is 0.850. The summed E-state index contributed by atoms with van der Waals surface area (Å²) < 4.78 is 0. The summed E-state index contributed by atoms with van der Waals surface area (Å²) >= 11 is 2.11. The lowest BCUT2D eigenvalue weighted by atomic mass is 9.91. The van der Waals surface area contributed by atoms with Gasteiger partial charge in [-0.15, -0.1) is 0 Å². The minimum absolute atomic E-state index is 0.550. The number of thioether (sulfide) groups is 1. The molecule has 1 N–H and O–H groups in total. The molecule has 1 unspecified atom stereocenters. The summed E-state index contributed by atoms with van der Waals surface area (Å²) in [5.74, 6) is 3.64. The maximum atomic E-state index is 3.64. The van der Waals surface area contributed by atoms with Crippen molar-refractivity contribution in [2.24, 2.45) is 5.92 Å². The summed E-state index contributed by atoms with van der Waals surface area (Å²) in [5, 5.41) is 3.64. The van der Waals surface area contributed by atoms with Crippen LogP contribution in [0, 0.1) is 5.92 Å². The van der Waals surface area contributed by atoms with Crippen molar-refractivity contribution in [2.75, 3.05) is 18.1 Å². The van der Waals surface area contributed by atoms with Crippen molar-refractivity contribution in [2.45, 2.75) is 32.2 Å². The van der Waals surface area contributed by atoms with Gasteiger partial charge in [0, 0.05) is 6.04 Å². The van der Waals surface area contributed by atoms with Crippen molar-refractivity contribution in [3.63, 3.8) is 0 Å². The van der Waals surface area contributed by atoms with Crippen LogP contribution < -0.4 is 5.32 Å². The molecule has 17 heavy (non-hydrogen) atoms. The van der Waals surface area contributed by atoms with E-state index in [9.17, 15) is 0 Å². The van der Waals surface area contributed by atoms with Crippen LogP contribution in [0.3, 0.4) is 0 Å². The van der Waals surface area contributed by atoms with E-state index in [0.29, 0.717) is 6.04 Å². The maximum Gasteiger partial charge on any atom is 0.0322 e. The summed E-state index contributed by atoms with van der Waals surface area (Å²) in [4.78, 5) is 0. The average Bonchev–Trinajstić information content (AvgIpc) is 2.40. The molecule has 94 valence electrons. The van der Waals surface area contributed by atoms with Crippen molar-refractivity contribution in [1.29, 1.82) is 0 Å². The summed E-state index contributed by atoms with van der Waals surface area (Å²) in [5.41, 5.74) is 1.45. The Morgan fingerprint density at radius 3 is 2.59 bits per heavy atom. The lowest BCUT2D eigenvalue weighted by Gasteiger charge is -2.27. The Balaban J connectivity index is 1.96. The Morgan fingerprint density at radius 2 is 1.94 bits per heavy atom. The number of hydrogen-bond acceptors (Lipinski definition) is 2. The van der Waals surface area contributed by atoms with Gasteiger partial charge in [0.1, 0.15) is 0 Å². The normalized spacial score (nSPS) is 19.1. The van der Waals surface area contributed by atoms with Gasteiger partial charge in [0.25, 0.3) is 0 Å². The van der Waals surface area contributed by atoms with Gasteiger partial charge in [-0.1, -0.05) is 37.3 Å². The molecule has 0 amide bonds. The summed E-state index contributed by atoms with van der Waals surface area (Å²) in [6.07, 6.45) is 4.11. The van der Waals surface area contributed by atoms with Gasteiger partial charge in [-0.2, -0.15) is 11.8 Å². The highest BCUT2D eigenvalue weighted by molar-refractivity contribution is 7.99. The van der Waals surface area contributed by atoms with Gasteiger partial charge < -0.3 is 5.32 Å². The number of hydrogen-bond donors (Lipinski definition) is 1. The van der Waals surface area contributed by atoms with E-state index in [2.05, 4.69) is 54.3 Å². The molecule has 0 saturated carbocycles. The Bertz CT molecular complexity index is 306. The third-order valence-electron chi connectivity index (χ3n) is 3.56. The van der Waals surface area contributed by atoms with Gasteiger partial charge in [0.2, 0.25) is 0 Å². The second kappa shape index (κ2) is 7.07. The first-order valence-corrected chi connectivity index (χ1v) is 7.91. The van der Waals surface area contributed by atoms with E-state index in [0.717, 1.165) is 12.5 Å². The van der Waals surface area contributed by atoms with E-state index in [4.69, 9.17) is 0 Å². The topological polar surface area (TPSA) is 12.0 Å². The van der Waals surface area contributed by atoms with Gasteiger partial charge >= 0.3 is 0 Å². The van der Waals surface area contributed by atoms with Gasteiger partial charge in [-0.05, 0) is 48.8 Å². The van der Waals surface area contributed by atoms with Crippen molar-refractivity contribution < 1.29 is 0 Å². The zero-order valence-corrected chi connectivity index (χ0v) is 11.5. The third-order valence-corrected chi connectivity index (χ3v) is 4.61. The molecule has 0 aromatic heterocycles. The van der Waals surface area contributed by atoms with Crippen molar-refractivity contribution >= 4 is 11.8 Å². The molecule has 0 bridgehead atoms. The van der Waals surface area contributed by atoms with Crippen LogP contribution in [-0.4, -0.2) is 18.1 Å². The number of nitrogens with one attached hydrogen (secondary N) is 1. The lowest BCUT2D eigenvalue weighted by molar-refractivity contribution is 0.374. The minimum atomic E-state index is 0.550. The summed E-state index contributed by atoms with van der Waals surface area (Å²) in [7, 11) is 0. The Labute approximate surface area is 109 Å². The van der Waals surface area contributed by atoms with Gasteiger partial charge in [0.05, 0.1) is 0 Å². The van der Waals surface area contributed by atoms with E-state index in [1.165, 1.54) is 36.3 Å². The molecule has 1 atom stereocenters. The zero-order valence-electron chi connectivity index (χ0n) is 10.7. The van der Waals surface area contributed by atoms with E-state index in [1.54, 1.807) is 0 Å². The van der Waals surface area contributed by atoms with Gasteiger partial charge in [-0.3, -0.25) is 0 Å². The Hall–Kier alpha value is -0.470. The van der Waals surface area contributed by atoms with Crippen LogP contribution in [0.1, 0.15) is 37.8 Å². The standard InChI is InChI=1S/C15H23NS/c1-2-16-15(14-6-4-3-5-7-14)12-13-8-10-17-11-9-13/h3-7,13,15-16H,2,8-12H2,1H3. The van der Waals surface area contributed by atoms with Crippen LogP contribution >= 0.6 is 11.8 Å². The summed E-state index contributed by atoms with van der Waals surface area (Å²) in [6.45, 7) is 3.26. The van der Waals surface area contributed by atoms with Crippen LogP contribution in [0.5, 0.6) is 0 Å². The second-order valence-electron chi connectivity index (χ2n) is 4.81.